The number of primary amides is 1. The van der Waals surface area contributed by atoms with Gasteiger partial charge in [0.15, 0.2) is 5.78 Å². The number of amides is 2. The van der Waals surface area contributed by atoms with E-state index in [2.05, 4.69) is 13.2 Å². The fraction of sp³-hybridized carbons (Fsp3) is 0.316. The van der Waals surface area contributed by atoms with Crippen LogP contribution >= 0.6 is 0 Å². The number of benzene rings is 2. The Morgan fingerprint density at radius 2 is 1.84 bits per heavy atom. The maximum absolute atomic E-state index is 13.6. The quantitative estimate of drug-likeness (QED) is 0.0354. The lowest BCUT2D eigenvalue weighted by atomic mass is 9.74. The molecule has 0 spiro atoms. The maximum Gasteiger partial charge on any atom is 0.355 e. The van der Waals surface area contributed by atoms with Crippen molar-refractivity contribution >= 4 is 29.5 Å². The molecule has 1 aromatic heterocycles. The lowest BCUT2D eigenvalue weighted by molar-refractivity contribution is -0.687. The van der Waals surface area contributed by atoms with E-state index in [9.17, 15) is 24.0 Å². The number of imidazole rings is 1. The highest BCUT2D eigenvalue weighted by molar-refractivity contribution is 6.22. The summed E-state index contributed by atoms with van der Waals surface area (Å²) in [6.07, 6.45) is 8.72. The lowest BCUT2D eigenvalue weighted by Crippen LogP contribution is -2.63. The maximum atomic E-state index is 13.6. The number of ether oxygens (including phenoxy) is 2. The molecule has 3 heterocycles. The van der Waals surface area contributed by atoms with Gasteiger partial charge in [0.1, 0.15) is 50.2 Å². The van der Waals surface area contributed by atoms with E-state index in [1.165, 1.54) is 17.1 Å². The van der Waals surface area contributed by atoms with E-state index < -0.39 is 35.7 Å². The number of esters is 1. The second kappa shape index (κ2) is 14.6. The van der Waals surface area contributed by atoms with E-state index in [0.29, 0.717) is 41.1 Å². The summed E-state index contributed by atoms with van der Waals surface area (Å²) < 4.78 is 15.6. The highest BCUT2D eigenvalue weighted by Crippen LogP contribution is 2.50. The Kier molecular flexibility index (Phi) is 10.0. The summed E-state index contributed by atoms with van der Waals surface area (Å²) >= 11 is 0. The summed E-state index contributed by atoms with van der Waals surface area (Å²) in [5.41, 5.74) is 9.21. The van der Waals surface area contributed by atoms with Gasteiger partial charge in [-0.1, -0.05) is 56.8 Å². The summed E-state index contributed by atoms with van der Waals surface area (Å²) in [5, 5.41) is 0. The number of hydrogen-bond acceptors (Lipinski definition) is 9. The molecule has 3 aliphatic rings. The Hall–Kier alpha value is -5.82. The average Bonchev–Trinajstić information content (AvgIpc) is 3.76. The van der Waals surface area contributed by atoms with Gasteiger partial charge < -0.3 is 20.1 Å². The predicted octanol–water partition coefficient (Wildman–Crippen LogP) is 3.05. The third-order valence-corrected chi connectivity index (χ3v) is 9.54. The van der Waals surface area contributed by atoms with E-state index in [1.807, 2.05) is 53.0 Å². The van der Waals surface area contributed by atoms with Gasteiger partial charge in [-0.05, 0) is 23.3 Å². The van der Waals surface area contributed by atoms with Crippen molar-refractivity contribution in [3.8, 4) is 16.9 Å². The van der Waals surface area contributed by atoms with Crippen LogP contribution in [0.25, 0.3) is 11.1 Å². The number of fused-ring (bicyclic) bond motifs is 4. The number of aromatic nitrogens is 2. The molecule has 1 saturated heterocycles. The van der Waals surface area contributed by atoms with Crippen LogP contribution in [0, 0.1) is 17.8 Å². The fourth-order valence-electron chi connectivity index (χ4n) is 7.04. The van der Waals surface area contributed by atoms with Crippen molar-refractivity contribution in [1.82, 2.24) is 9.47 Å². The molecule has 4 atom stereocenters. The molecule has 2 aromatic carbocycles. The Labute approximate surface area is 294 Å². The van der Waals surface area contributed by atoms with Crippen molar-refractivity contribution in [3.63, 3.8) is 0 Å². The first kappa shape index (κ1) is 35.0. The van der Waals surface area contributed by atoms with E-state index in [-0.39, 0.29) is 49.5 Å². The van der Waals surface area contributed by atoms with Crippen LogP contribution in [-0.2, 0) is 46.8 Å². The monoisotopic (exact) mass is 695 g/mol. The zero-order chi connectivity index (χ0) is 36.4. The van der Waals surface area contributed by atoms with Gasteiger partial charge in [0.05, 0.1) is 30.8 Å². The Balaban J connectivity index is 1.23. The van der Waals surface area contributed by atoms with E-state index >= 15 is 0 Å². The van der Waals surface area contributed by atoms with Gasteiger partial charge in [-0.25, -0.2) is 18.7 Å². The minimum Gasteiger partial charge on any atom is -0.488 e. The lowest BCUT2D eigenvalue weighted by Gasteiger charge is -2.47. The van der Waals surface area contributed by atoms with Crippen LogP contribution in [0.1, 0.15) is 41.8 Å². The van der Waals surface area contributed by atoms with Crippen LogP contribution in [0.3, 0.4) is 0 Å². The van der Waals surface area contributed by atoms with Crippen molar-refractivity contribution in [3.05, 3.63) is 108 Å². The smallest absolute Gasteiger partial charge is 0.355 e. The van der Waals surface area contributed by atoms with Crippen LogP contribution in [0.15, 0.2) is 91.7 Å². The molecule has 6 rings (SSSR count). The largest absolute Gasteiger partial charge is 0.488 e. The summed E-state index contributed by atoms with van der Waals surface area (Å²) in [5.74, 6) is -3.85. The number of carbonyl (C=O) groups is 5. The number of ketones is 1. The summed E-state index contributed by atoms with van der Waals surface area (Å²) in [6.45, 7) is 11.4. The molecule has 0 bridgehead atoms. The standard InChI is InChI=1S/C38H38N4O9/c1-5-16-48-38(47)34-28(22(3)33-31(36(45)42(33)34)23(4)37(46)51-50-17-6-2)20-49-29-9-7-8-26-32(29)25-11-10-24(18-27(25)35(26)44)19-41-15-14-40(21-41)13-12-30(39)43/h5-11,14-15,18,21-23,31,33H,1-2,12-13,16-17,19-20H2,3-4H3,(H-,39,43)/p+1/t22-,23?,31?,33?/m0/s1. The second-order valence-electron chi connectivity index (χ2n) is 12.8. The highest BCUT2D eigenvalue weighted by Gasteiger charge is 2.61. The van der Waals surface area contributed by atoms with Gasteiger partial charge in [-0.15, -0.1) is 6.58 Å². The molecule has 1 fully saturated rings. The van der Waals surface area contributed by atoms with Crippen molar-refractivity contribution in [1.29, 1.82) is 0 Å². The SMILES string of the molecule is C=CCOOC(=O)C(C)C1C(=O)N2C(C(=O)OCC=C)=C(COc3cccc4c3-c3ccc(C[n+]5ccn(CCC(N)=O)c5)cc3C4=O)[C@H](C)C12. The van der Waals surface area contributed by atoms with Gasteiger partial charge >= 0.3 is 11.9 Å². The van der Waals surface area contributed by atoms with Gasteiger partial charge in [-0.2, -0.15) is 4.89 Å². The Morgan fingerprint density at radius 1 is 1.06 bits per heavy atom. The fourth-order valence-corrected chi connectivity index (χ4v) is 7.04. The third-order valence-electron chi connectivity index (χ3n) is 9.54. The number of β-lactam (4-membered cyclic amide) rings is 1. The molecule has 2 aliphatic heterocycles. The first-order valence-corrected chi connectivity index (χ1v) is 16.6. The topological polar surface area (TPSA) is 160 Å². The molecule has 0 saturated carbocycles. The summed E-state index contributed by atoms with van der Waals surface area (Å²) in [6, 6.07) is 10.5. The molecular weight excluding hydrogens is 656 g/mol. The first-order chi connectivity index (χ1) is 24.5. The van der Waals surface area contributed by atoms with Crippen molar-refractivity contribution in [2.75, 3.05) is 19.8 Å². The van der Waals surface area contributed by atoms with Crippen molar-refractivity contribution in [2.45, 2.75) is 39.4 Å². The molecule has 3 aromatic rings. The Morgan fingerprint density at radius 3 is 2.59 bits per heavy atom. The minimum absolute atomic E-state index is 0.000388. The van der Waals surface area contributed by atoms with E-state index in [4.69, 9.17) is 25.0 Å². The molecule has 3 unspecified atom stereocenters. The molecule has 2 amide bonds. The van der Waals surface area contributed by atoms with E-state index in [1.54, 1.807) is 25.1 Å². The van der Waals surface area contributed by atoms with E-state index in [0.717, 1.165) is 11.1 Å². The van der Waals surface area contributed by atoms with Crippen LogP contribution in [0.2, 0.25) is 0 Å². The zero-order valence-corrected chi connectivity index (χ0v) is 28.4. The molecule has 0 radical (unpaired) electrons. The predicted molar refractivity (Wildman–Crippen MR) is 181 cm³/mol. The van der Waals surface area contributed by atoms with Crippen LogP contribution in [-0.4, -0.2) is 64.9 Å². The highest BCUT2D eigenvalue weighted by atomic mass is 17.2. The number of nitrogens with two attached hydrogens (primary N) is 1. The van der Waals surface area contributed by atoms with Gasteiger partial charge in [0.25, 0.3) is 0 Å². The summed E-state index contributed by atoms with van der Waals surface area (Å²) in [7, 11) is 0. The van der Waals surface area contributed by atoms with Crippen LogP contribution in [0.4, 0.5) is 0 Å². The molecule has 264 valence electrons. The number of aryl methyl sites for hydroxylation is 1. The zero-order valence-electron chi connectivity index (χ0n) is 28.4. The van der Waals surface area contributed by atoms with Crippen LogP contribution in [0.5, 0.6) is 5.75 Å². The van der Waals surface area contributed by atoms with Gasteiger partial charge in [0, 0.05) is 28.2 Å². The molecule has 51 heavy (non-hydrogen) atoms. The van der Waals surface area contributed by atoms with Gasteiger partial charge in [-0.3, -0.25) is 19.3 Å². The first-order valence-electron chi connectivity index (χ1n) is 16.6. The molecule has 13 nitrogen and oxygen atoms in total. The van der Waals surface area contributed by atoms with Crippen molar-refractivity contribution in [2.24, 2.45) is 23.5 Å². The number of hydrogen-bond donors (Lipinski definition) is 1. The third kappa shape index (κ3) is 6.59. The second-order valence-corrected chi connectivity index (χ2v) is 12.8. The molecular formula is C38H39N4O9+. The number of carbonyl (C=O) groups excluding carboxylic acids is 5. The molecule has 2 N–H and O–H groups in total. The normalized spacial score (nSPS) is 19.1. The minimum atomic E-state index is -0.846. The molecule has 1 aliphatic carbocycles. The van der Waals surface area contributed by atoms with Crippen LogP contribution < -0.4 is 15.0 Å². The Bertz CT molecular complexity index is 1980. The van der Waals surface area contributed by atoms with Crippen molar-refractivity contribution < 1.29 is 47.8 Å². The average molecular weight is 696 g/mol. The number of nitrogens with zero attached hydrogens (tertiary/aromatic N) is 3. The number of rotatable bonds is 16. The van der Waals surface area contributed by atoms with Gasteiger partial charge in [0.2, 0.25) is 18.1 Å². The molecule has 13 heteroatoms. The summed E-state index contributed by atoms with van der Waals surface area (Å²) in [4.78, 5) is 75.4.